The number of pyridine rings is 1. The number of aliphatic hydroxyl groups is 2. The minimum Gasteiger partial charge on any atom is -0.487 e. The lowest BCUT2D eigenvalue weighted by Gasteiger charge is -2.20. The first-order valence-electron chi connectivity index (χ1n) is 9.05. The summed E-state index contributed by atoms with van der Waals surface area (Å²) >= 11 is 0. The van der Waals surface area contributed by atoms with Gasteiger partial charge < -0.3 is 19.5 Å². The second-order valence-corrected chi connectivity index (χ2v) is 7.02. The molecule has 6 nitrogen and oxygen atoms in total. The Labute approximate surface area is 157 Å². The Morgan fingerprint density at radius 2 is 2.04 bits per heavy atom. The molecule has 0 saturated heterocycles. The number of ether oxygens (including phenoxy) is 1. The van der Waals surface area contributed by atoms with Gasteiger partial charge in [-0.3, -0.25) is 4.99 Å². The summed E-state index contributed by atoms with van der Waals surface area (Å²) in [4.78, 5) is 8.38. The van der Waals surface area contributed by atoms with Gasteiger partial charge in [-0.25, -0.2) is 4.98 Å². The Balaban J connectivity index is 1.61. The van der Waals surface area contributed by atoms with Crippen LogP contribution in [0.1, 0.15) is 23.6 Å². The quantitative estimate of drug-likeness (QED) is 0.681. The van der Waals surface area contributed by atoms with Crippen molar-refractivity contribution in [3.8, 4) is 5.75 Å². The maximum Gasteiger partial charge on any atom is 0.140 e. The molecule has 6 heteroatoms. The lowest BCUT2D eigenvalue weighted by Crippen LogP contribution is -2.34. The van der Waals surface area contributed by atoms with E-state index < -0.39 is 18.3 Å². The SMILES string of the molecule is C=NCc1ccccc1O[C@H]1C[C@@H](n2ccc3c(C)ccnc32)[C@@H](O)[C@H]1O. The van der Waals surface area contributed by atoms with Gasteiger partial charge in [-0.1, -0.05) is 18.2 Å². The van der Waals surface area contributed by atoms with Gasteiger partial charge in [0.15, 0.2) is 0 Å². The summed E-state index contributed by atoms with van der Waals surface area (Å²) in [7, 11) is 0. The molecule has 1 saturated carbocycles. The third-order valence-electron chi connectivity index (χ3n) is 5.32. The van der Waals surface area contributed by atoms with E-state index in [1.807, 2.05) is 54.1 Å². The Morgan fingerprint density at radius 3 is 2.85 bits per heavy atom. The number of benzene rings is 1. The highest BCUT2D eigenvalue weighted by atomic mass is 16.5. The predicted molar refractivity (Wildman–Crippen MR) is 104 cm³/mol. The smallest absolute Gasteiger partial charge is 0.140 e. The molecule has 1 aliphatic carbocycles. The van der Waals surface area contributed by atoms with Crippen LogP contribution in [0, 0.1) is 6.92 Å². The van der Waals surface area contributed by atoms with Crippen molar-refractivity contribution in [2.24, 2.45) is 4.99 Å². The number of rotatable bonds is 5. The Morgan fingerprint density at radius 1 is 1.22 bits per heavy atom. The fourth-order valence-corrected chi connectivity index (χ4v) is 3.85. The molecule has 1 fully saturated rings. The van der Waals surface area contributed by atoms with Crippen molar-refractivity contribution in [1.29, 1.82) is 0 Å². The van der Waals surface area contributed by atoms with Gasteiger partial charge in [0.1, 0.15) is 29.7 Å². The van der Waals surface area contributed by atoms with Gasteiger partial charge in [-0.05, 0) is 37.4 Å². The number of fused-ring (bicyclic) bond motifs is 1. The van der Waals surface area contributed by atoms with Crippen LogP contribution >= 0.6 is 0 Å². The zero-order valence-corrected chi connectivity index (χ0v) is 15.2. The zero-order chi connectivity index (χ0) is 19.0. The lowest BCUT2D eigenvalue weighted by molar-refractivity contribution is -0.0165. The Hall–Kier alpha value is -2.70. The molecule has 140 valence electrons. The number of aliphatic hydroxyl groups excluding tert-OH is 2. The van der Waals surface area contributed by atoms with E-state index in [2.05, 4.69) is 16.7 Å². The molecule has 0 bridgehead atoms. The maximum absolute atomic E-state index is 10.7. The maximum atomic E-state index is 10.7. The summed E-state index contributed by atoms with van der Waals surface area (Å²) in [6.07, 6.45) is 1.73. The summed E-state index contributed by atoms with van der Waals surface area (Å²) in [5.41, 5.74) is 2.84. The summed E-state index contributed by atoms with van der Waals surface area (Å²) in [6.45, 7) is 6.01. The van der Waals surface area contributed by atoms with E-state index in [1.165, 1.54) is 0 Å². The van der Waals surface area contributed by atoms with Crippen LogP contribution in [0.5, 0.6) is 5.75 Å². The molecule has 1 aromatic carbocycles. The van der Waals surface area contributed by atoms with Gasteiger partial charge in [0.05, 0.1) is 12.6 Å². The summed E-state index contributed by atoms with van der Waals surface area (Å²) in [6, 6.07) is 11.2. The highest BCUT2D eigenvalue weighted by Gasteiger charge is 2.44. The third kappa shape index (κ3) is 3.11. The molecule has 0 aliphatic heterocycles. The number of aromatic nitrogens is 2. The molecule has 2 aromatic heterocycles. The topological polar surface area (TPSA) is 79.9 Å². The van der Waals surface area contributed by atoms with E-state index >= 15 is 0 Å². The van der Waals surface area contributed by atoms with Crippen LogP contribution < -0.4 is 4.74 Å². The molecule has 3 aromatic rings. The molecule has 0 unspecified atom stereocenters. The van der Waals surface area contributed by atoms with Crippen molar-refractivity contribution in [2.75, 3.05) is 0 Å². The van der Waals surface area contributed by atoms with E-state index in [1.54, 1.807) is 6.20 Å². The van der Waals surface area contributed by atoms with E-state index in [9.17, 15) is 10.2 Å². The monoisotopic (exact) mass is 365 g/mol. The van der Waals surface area contributed by atoms with Gasteiger partial charge in [-0.15, -0.1) is 0 Å². The van der Waals surface area contributed by atoms with Gasteiger partial charge in [0.25, 0.3) is 0 Å². The standard InChI is InChI=1S/C21H23N3O3/c1-13-7-9-23-21-15(13)8-10-24(21)16-11-18(20(26)19(16)25)27-17-6-4-3-5-14(17)12-22-2/h3-10,16,18-20,25-26H,2,11-12H2,1H3/t16-,18+,19-,20+/m1/s1. The van der Waals surface area contributed by atoms with Crippen molar-refractivity contribution in [2.45, 2.75) is 44.2 Å². The van der Waals surface area contributed by atoms with E-state index in [0.29, 0.717) is 18.7 Å². The van der Waals surface area contributed by atoms with Crippen LogP contribution in [0.15, 0.2) is 53.8 Å². The normalized spacial score (nSPS) is 25.0. The van der Waals surface area contributed by atoms with Crippen molar-refractivity contribution >= 4 is 17.8 Å². The fourth-order valence-electron chi connectivity index (χ4n) is 3.85. The molecule has 2 heterocycles. The second kappa shape index (κ2) is 7.13. The largest absolute Gasteiger partial charge is 0.487 e. The Bertz CT molecular complexity index is 968. The van der Waals surface area contributed by atoms with E-state index in [4.69, 9.17) is 4.74 Å². The first-order valence-corrected chi connectivity index (χ1v) is 9.05. The van der Waals surface area contributed by atoms with Crippen LogP contribution in [0.2, 0.25) is 0 Å². The predicted octanol–water partition coefficient (Wildman–Crippen LogP) is 2.66. The number of nitrogens with zero attached hydrogens (tertiary/aromatic N) is 3. The Kier molecular flexibility index (Phi) is 4.68. The number of hydrogen-bond donors (Lipinski definition) is 2. The van der Waals surface area contributed by atoms with Gasteiger partial charge >= 0.3 is 0 Å². The second-order valence-electron chi connectivity index (χ2n) is 7.02. The summed E-state index contributed by atoms with van der Waals surface area (Å²) < 4.78 is 8.02. The minimum atomic E-state index is -0.984. The first kappa shape index (κ1) is 17.7. The molecular weight excluding hydrogens is 342 g/mol. The van der Waals surface area contributed by atoms with Crippen LogP contribution in [-0.2, 0) is 6.54 Å². The molecule has 1 aliphatic rings. The molecule has 0 radical (unpaired) electrons. The van der Waals surface area contributed by atoms with Crippen molar-refractivity contribution in [3.63, 3.8) is 0 Å². The van der Waals surface area contributed by atoms with Crippen LogP contribution in [0.4, 0.5) is 0 Å². The summed E-state index contributed by atoms with van der Waals surface area (Å²) in [5.74, 6) is 0.660. The molecule has 0 amide bonds. The van der Waals surface area contributed by atoms with Gasteiger partial charge in [-0.2, -0.15) is 0 Å². The average molecular weight is 365 g/mol. The zero-order valence-electron chi connectivity index (χ0n) is 15.2. The van der Waals surface area contributed by atoms with E-state index in [-0.39, 0.29) is 6.04 Å². The first-order chi connectivity index (χ1) is 13.1. The molecular formula is C21H23N3O3. The molecule has 0 spiro atoms. The van der Waals surface area contributed by atoms with Crippen LogP contribution in [-0.4, -0.2) is 44.8 Å². The summed E-state index contributed by atoms with van der Waals surface area (Å²) in [5, 5.41) is 22.3. The number of hydrogen-bond acceptors (Lipinski definition) is 5. The van der Waals surface area contributed by atoms with Gasteiger partial charge in [0, 0.05) is 29.8 Å². The third-order valence-corrected chi connectivity index (χ3v) is 5.32. The van der Waals surface area contributed by atoms with Crippen molar-refractivity contribution < 1.29 is 14.9 Å². The van der Waals surface area contributed by atoms with Crippen LogP contribution in [0.3, 0.4) is 0 Å². The lowest BCUT2D eigenvalue weighted by atomic mass is 10.2. The van der Waals surface area contributed by atoms with Crippen LogP contribution in [0.25, 0.3) is 11.0 Å². The molecule has 4 rings (SSSR count). The number of para-hydroxylation sites is 1. The highest BCUT2D eigenvalue weighted by molar-refractivity contribution is 5.79. The minimum absolute atomic E-state index is 0.304. The highest BCUT2D eigenvalue weighted by Crippen LogP contribution is 2.36. The van der Waals surface area contributed by atoms with Gasteiger partial charge in [0.2, 0.25) is 0 Å². The van der Waals surface area contributed by atoms with Crippen molar-refractivity contribution in [1.82, 2.24) is 9.55 Å². The van der Waals surface area contributed by atoms with Crippen molar-refractivity contribution in [3.05, 3.63) is 59.9 Å². The fraction of sp³-hybridized carbons (Fsp3) is 0.333. The van der Waals surface area contributed by atoms with E-state index in [0.717, 1.165) is 22.2 Å². The molecule has 2 N–H and O–H groups in total. The number of aryl methyl sites for hydroxylation is 1. The molecule has 4 atom stereocenters. The average Bonchev–Trinajstić information content (AvgIpc) is 3.21. The number of aliphatic imine (C=N–C) groups is 1. The molecule has 27 heavy (non-hydrogen) atoms.